The lowest BCUT2D eigenvalue weighted by Crippen LogP contribution is -2.46. The molecule has 2 fully saturated rings. The molecule has 0 spiro atoms. The lowest BCUT2D eigenvalue weighted by atomic mass is 9.90. The summed E-state index contributed by atoms with van der Waals surface area (Å²) in [4.78, 5) is 25.3. The van der Waals surface area contributed by atoms with Gasteiger partial charge in [0.05, 0.1) is 35.6 Å². The van der Waals surface area contributed by atoms with Crippen LogP contribution < -0.4 is 4.90 Å². The Labute approximate surface area is 206 Å². The average Bonchev–Trinajstić information content (AvgIpc) is 3.41. The SMILES string of the molecule is CC1c2c(cc(CN3CCN(c4cnn(C)c4)CC3)c3cccnc23)C(=O)N1C1CCCCC1O. The lowest BCUT2D eigenvalue weighted by molar-refractivity contribution is 0.00975. The molecular formula is C27H34N6O2. The number of anilines is 1. The first-order valence-electron chi connectivity index (χ1n) is 12.9. The van der Waals surface area contributed by atoms with Crippen molar-refractivity contribution >= 4 is 22.5 Å². The highest BCUT2D eigenvalue weighted by molar-refractivity contribution is 6.05. The van der Waals surface area contributed by atoms with Gasteiger partial charge in [-0.25, -0.2) is 0 Å². The number of aryl methyl sites for hydroxylation is 1. The summed E-state index contributed by atoms with van der Waals surface area (Å²) < 4.78 is 1.85. The molecule has 3 aliphatic rings. The van der Waals surface area contributed by atoms with Crippen LogP contribution in [0.4, 0.5) is 5.69 Å². The van der Waals surface area contributed by atoms with Crippen LogP contribution in [0.3, 0.4) is 0 Å². The summed E-state index contributed by atoms with van der Waals surface area (Å²) in [7, 11) is 1.95. The Morgan fingerprint density at radius 3 is 2.69 bits per heavy atom. The van der Waals surface area contributed by atoms with Gasteiger partial charge >= 0.3 is 0 Å². The molecule has 0 radical (unpaired) electrons. The third-order valence-corrected chi connectivity index (χ3v) is 8.19. The highest BCUT2D eigenvalue weighted by atomic mass is 16.3. The van der Waals surface area contributed by atoms with Gasteiger partial charge < -0.3 is 14.9 Å². The molecule has 2 aromatic heterocycles. The summed E-state index contributed by atoms with van der Waals surface area (Å²) in [5.41, 5.74) is 5.05. The van der Waals surface area contributed by atoms with Crippen molar-refractivity contribution in [3.8, 4) is 0 Å². The number of aliphatic hydroxyl groups excluding tert-OH is 1. The van der Waals surface area contributed by atoms with E-state index in [-0.39, 0.29) is 18.0 Å². The van der Waals surface area contributed by atoms with Crippen molar-refractivity contribution in [3.05, 3.63) is 53.5 Å². The van der Waals surface area contributed by atoms with E-state index >= 15 is 0 Å². The molecule has 0 bridgehead atoms. The Morgan fingerprint density at radius 1 is 1.14 bits per heavy atom. The molecule has 1 saturated heterocycles. The number of hydrogen-bond donors (Lipinski definition) is 1. The number of aromatic nitrogens is 3. The summed E-state index contributed by atoms with van der Waals surface area (Å²) in [6, 6.07) is 6.05. The number of hydrogen-bond acceptors (Lipinski definition) is 6. The summed E-state index contributed by atoms with van der Waals surface area (Å²) in [6.45, 7) is 6.71. The molecule has 1 aromatic carbocycles. The number of pyridine rings is 1. The first kappa shape index (κ1) is 22.5. The van der Waals surface area contributed by atoms with Crippen molar-refractivity contribution in [3.63, 3.8) is 0 Å². The summed E-state index contributed by atoms with van der Waals surface area (Å²) >= 11 is 0. The van der Waals surface area contributed by atoms with Gasteiger partial charge in [0.25, 0.3) is 5.91 Å². The van der Waals surface area contributed by atoms with Crippen molar-refractivity contribution < 1.29 is 9.90 Å². The minimum absolute atomic E-state index is 0.0497. The summed E-state index contributed by atoms with van der Waals surface area (Å²) in [5, 5.41) is 16.1. The maximum atomic E-state index is 13.7. The molecule has 8 heteroatoms. The Morgan fingerprint density at radius 2 is 1.94 bits per heavy atom. The van der Waals surface area contributed by atoms with E-state index in [4.69, 9.17) is 4.98 Å². The number of aliphatic hydroxyl groups is 1. The first-order valence-corrected chi connectivity index (χ1v) is 12.9. The van der Waals surface area contributed by atoms with Crippen molar-refractivity contribution in [2.75, 3.05) is 31.1 Å². The van der Waals surface area contributed by atoms with Gasteiger partial charge in [0.2, 0.25) is 0 Å². The van der Waals surface area contributed by atoms with Crippen LogP contribution in [0.1, 0.15) is 60.1 Å². The Balaban J connectivity index is 1.28. The second-order valence-corrected chi connectivity index (χ2v) is 10.3. The van der Waals surface area contributed by atoms with Gasteiger partial charge in [-0.05, 0) is 37.5 Å². The number of benzene rings is 1. The van der Waals surface area contributed by atoms with E-state index in [0.717, 1.165) is 86.0 Å². The fourth-order valence-electron chi connectivity index (χ4n) is 6.35. The molecule has 1 N–H and O–H groups in total. The van der Waals surface area contributed by atoms with Gasteiger partial charge in [-0.1, -0.05) is 18.9 Å². The number of nitrogens with zero attached hydrogens (tertiary/aromatic N) is 6. The van der Waals surface area contributed by atoms with E-state index in [1.807, 2.05) is 35.1 Å². The van der Waals surface area contributed by atoms with Gasteiger partial charge in [0.1, 0.15) is 0 Å². The highest BCUT2D eigenvalue weighted by Gasteiger charge is 2.43. The molecule has 6 rings (SSSR count). The Bertz CT molecular complexity index is 1250. The predicted octanol–water partition coefficient (Wildman–Crippen LogP) is 3.11. The minimum atomic E-state index is -0.445. The van der Waals surface area contributed by atoms with Crippen LogP contribution in [-0.4, -0.2) is 73.9 Å². The number of carbonyl (C=O) groups excluding carboxylic acids is 1. The second-order valence-electron chi connectivity index (χ2n) is 10.3. The number of piperazine rings is 1. The number of rotatable bonds is 4. The largest absolute Gasteiger partial charge is 0.391 e. The number of fused-ring (bicyclic) bond motifs is 3. The maximum Gasteiger partial charge on any atom is 0.255 e. The van der Waals surface area contributed by atoms with Crippen LogP contribution in [-0.2, 0) is 13.6 Å². The van der Waals surface area contributed by atoms with Crippen molar-refractivity contribution in [2.45, 2.75) is 57.3 Å². The molecule has 8 nitrogen and oxygen atoms in total. The molecule has 3 aromatic rings. The van der Waals surface area contributed by atoms with Crippen molar-refractivity contribution in [1.82, 2.24) is 24.6 Å². The third-order valence-electron chi connectivity index (χ3n) is 8.19. The van der Waals surface area contributed by atoms with E-state index in [2.05, 4.69) is 40.2 Å². The quantitative estimate of drug-likeness (QED) is 0.626. The van der Waals surface area contributed by atoms with Crippen molar-refractivity contribution in [2.24, 2.45) is 7.05 Å². The normalized spacial score (nSPS) is 25.5. The summed E-state index contributed by atoms with van der Waals surface area (Å²) in [6.07, 6.45) is 9.10. The summed E-state index contributed by atoms with van der Waals surface area (Å²) in [5.74, 6) is 0.0497. The molecular weight excluding hydrogens is 440 g/mol. The minimum Gasteiger partial charge on any atom is -0.391 e. The zero-order valence-electron chi connectivity index (χ0n) is 20.6. The second kappa shape index (κ2) is 8.91. The fourth-order valence-corrected chi connectivity index (χ4v) is 6.35. The van der Waals surface area contributed by atoms with Gasteiger partial charge in [0.15, 0.2) is 0 Å². The van der Waals surface area contributed by atoms with Crippen LogP contribution in [0.15, 0.2) is 36.8 Å². The highest BCUT2D eigenvalue weighted by Crippen LogP contribution is 2.42. The van der Waals surface area contributed by atoms with Gasteiger partial charge in [-0.3, -0.25) is 19.4 Å². The third kappa shape index (κ3) is 3.89. The van der Waals surface area contributed by atoms with E-state index in [1.54, 1.807) is 0 Å². The molecule has 3 unspecified atom stereocenters. The van der Waals surface area contributed by atoms with Crippen LogP contribution in [0.25, 0.3) is 10.9 Å². The van der Waals surface area contributed by atoms with Crippen molar-refractivity contribution in [1.29, 1.82) is 0 Å². The van der Waals surface area contributed by atoms with E-state index in [0.29, 0.717) is 0 Å². The smallest absolute Gasteiger partial charge is 0.255 e. The standard InChI is InChI=1S/C27H34N6O2/c1-18-25-22(27(35)33(18)23-7-3-4-8-24(23)34)14-19(21-6-5-9-28-26(21)25)16-31-10-12-32(13-11-31)20-15-29-30(2)17-20/h5-6,9,14-15,17-18,23-24,34H,3-4,7-8,10-13,16H2,1-2H3. The zero-order chi connectivity index (χ0) is 24.1. The molecule has 1 aliphatic carbocycles. The molecule has 35 heavy (non-hydrogen) atoms. The Kier molecular flexibility index (Phi) is 5.73. The van der Waals surface area contributed by atoms with E-state index in [1.165, 1.54) is 5.69 Å². The van der Waals surface area contributed by atoms with E-state index in [9.17, 15) is 9.90 Å². The zero-order valence-corrected chi connectivity index (χ0v) is 20.6. The predicted molar refractivity (Wildman–Crippen MR) is 135 cm³/mol. The molecule has 2 aliphatic heterocycles. The fraction of sp³-hybridized carbons (Fsp3) is 0.519. The maximum absolute atomic E-state index is 13.7. The molecule has 184 valence electrons. The molecule has 1 saturated carbocycles. The molecule has 3 atom stereocenters. The number of amides is 1. The van der Waals surface area contributed by atoms with Crippen LogP contribution in [0.2, 0.25) is 0 Å². The molecule has 1 amide bonds. The molecule has 4 heterocycles. The van der Waals surface area contributed by atoms with E-state index < -0.39 is 6.10 Å². The topological polar surface area (TPSA) is 77.7 Å². The van der Waals surface area contributed by atoms with Crippen LogP contribution in [0, 0.1) is 0 Å². The Hall–Kier alpha value is -2.97. The van der Waals surface area contributed by atoms with Crippen LogP contribution in [0.5, 0.6) is 0 Å². The van der Waals surface area contributed by atoms with Gasteiger partial charge in [-0.15, -0.1) is 0 Å². The first-order chi connectivity index (χ1) is 17.0. The van der Waals surface area contributed by atoms with Gasteiger partial charge in [-0.2, -0.15) is 5.10 Å². The lowest BCUT2D eigenvalue weighted by Gasteiger charge is -2.37. The monoisotopic (exact) mass is 474 g/mol. The number of carbonyl (C=O) groups is 1. The van der Waals surface area contributed by atoms with Gasteiger partial charge in [0, 0.05) is 68.7 Å². The van der Waals surface area contributed by atoms with Crippen LogP contribution >= 0.6 is 0 Å². The average molecular weight is 475 g/mol.